The predicted octanol–water partition coefficient (Wildman–Crippen LogP) is 2.23. The molecule has 1 aromatic carbocycles. The second kappa shape index (κ2) is 8.28. The standard InChI is InChI=1S/C17H19N3O2S.ClH/c18-11-13-1-3-14(4-2-13)16(21)19-6-8-20(9-7-19)17(22)15-5-10-23-12-15;/h1-5,10,12H,6-9,11,18H2;1H. The van der Waals surface area contributed by atoms with Gasteiger partial charge in [0.05, 0.1) is 5.56 Å². The fourth-order valence-corrected chi connectivity index (χ4v) is 3.28. The van der Waals surface area contributed by atoms with Crippen molar-refractivity contribution in [2.75, 3.05) is 26.2 Å². The molecule has 1 aliphatic rings. The fourth-order valence-electron chi connectivity index (χ4n) is 2.65. The minimum atomic E-state index is 0. The summed E-state index contributed by atoms with van der Waals surface area (Å²) in [5.74, 6) is 0.0573. The molecule has 0 aliphatic carbocycles. The second-order valence-electron chi connectivity index (χ2n) is 5.50. The van der Waals surface area contributed by atoms with Crippen LogP contribution in [0.15, 0.2) is 41.1 Å². The van der Waals surface area contributed by atoms with E-state index in [9.17, 15) is 9.59 Å². The number of nitrogens with two attached hydrogens (primary N) is 1. The van der Waals surface area contributed by atoms with E-state index in [1.807, 2.05) is 46.0 Å². The highest BCUT2D eigenvalue weighted by molar-refractivity contribution is 7.08. The van der Waals surface area contributed by atoms with Gasteiger partial charge in [0, 0.05) is 43.7 Å². The molecule has 7 heteroatoms. The summed E-state index contributed by atoms with van der Waals surface area (Å²) >= 11 is 1.52. The Labute approximate surface area is 151 Å². The Balaban J connectivity index is 0.00000208. The minimum Gasteiger partial charge on any atom is -0.335 e. The van der Waals surface area contributed by atoms with Gasteiger partial charge in [-0.25, -0.2) is 0 Å². The van der Waals surface area contributed by atoms with Crippen LogP contribution < -0.4 is 5.73 Å². The maximum atomic E-state index is 12.5. The number of halogens is 1. The molecule has 24 heavy (non-hydrogen) atoms. The van der Waals surface area contributed by atoms with Crippen molar-refractivity contribution in [2.45, 2.75) is 6.54 Å². The summed E-state index contributed by atoms with van der Waals surface area (Å²) in [5.41, 5.74) is 7.97. The van der Waals surface area contributed by atoms with Gasteiger partial charge >= 0.3 is 0 Å². The Bertz CT molecular complexity index is 680. The van der Waals surface area contributed by atoms with Crippen LogP contribution in [0.3, 0.4) is 0 Å². The first kappa shape index (κ1) is 18.4. The quantitative estimate of drug-likeness (QED) is 0.907. The van der Waals surface area contributed by atoms with Gasteiger partial charge in [0.1, 0.15) is 0 Å². The average molecular weight is 366 g/mol. The number of hydrogen-bond donors (Lipinski definition) is 1. The fraction of sp³-hybridized carbons (Fsp3) is 0.294. The predicted molar refractivity (Wildman–Crippen MR) is 97.7 cm³/mol. The van der Waals surface area contributed by atoms with Crippen LogP contribution in [0, 0.1) is 0 Å². The summed E-state index contributed by atoms with van der Waals surface area (Å²) in [7, 11) is 0. The highest BCUT2D eigenvalue weighted by Gasteiger charge is 2.25. The lowest BCUT2D eigenvalue weighted by atomic mass is 10.1. The number of benzene rings is 1. The topological polar surface area (TPSA) is 66.6 Å². The molecule has 0 atom stereocenters. The first-order chi connectivity index (χ1) is 11.2. The van der Waals surface area contributed by atoms with Crippen molar-refractivity contribution < 1.29 is 9.59 Å². The zero-order valence-electron chi connectivity index (χ0n) is 13.2. The van der Waals surface area contributed by atoms with Crippen molar-refractivity contribution in [3.63, 3.8) is 0 Å². The molecule has 0 radical (unpaired) electrons. The number of carbonyl (C=O) groups excluding carboxylic acids is 2. The van der Waals surface area contributed by atoms with Crippen LogP contribution in [-0.4, -0.2) is 47.8 Å². The first-order valence-electron chi connectivity index (χ1n) is 7.59. The molecule has 0 bridgehead atoms. The van der Waals surface area contributed by atoms with Gasteiger partial charge in [0.25, 0.3) is 11.8 Å². The minimum absolute atomic E-state index is 0. The van der Waals surface area contributed by atoms with Crippen molar-refractivity contribution in [3.8, 4) is 0 Å². The van der Waals surface area contributed by atoms with Crippen molar-refractivity contribution in [3.05, 3.63) is 57.8 Å². The van der Waals surface area contributed by atoms with Gasteiger partial charge in [-0.15, -0.1) is 12.4 Å². The zero-order valence-corrected chi connectivity index (χ0v) is 14.8. The molecule has 128 valence electrons. The average Bonchev–Trinajstić information content (AvgIpc) is 3.15. The van der Waals surface area contributed by atoms with Crippen molar-refractivity contribution in [1.29, 1.82) is 0 Å². The molecular formula is C17H20ClN3O2S. The Morgan fingerprint density at radius 3 is 1.92 bits per heavy atom. The van der Waals surface area contributed by atoms with Crippen molar-refractivity contribution >= 4 is 35.6 Å². The molecule has 5 nitrogen and oxygen atoms in total. The van der Waals surface area contributed by atoms with E-state index in [-0.39, 0.29) is 24.2 Å². The molecule has 1 fully saturated rings. The molecule has 1 aliphatic heterocycles. The van der Waals surface area contributed by atoms with Crippen molar-refractivity contribution in [2.24, 2.45) is 5.73 Å². The third-order valence-electron chi connectivity index (χ3n) is 4.06. The monoisotopic (exact) mass is 365 g/mol. The normalized spacial score (nSPS) is 14.2. The van der Waals surface area contributed by atoms with Crippen LogP contribution in [0.4, 0.5) is 0 Å². The Morgan fingerprint density at radius 2 is 1.46 bits per heavy atom. The number of piperazine rings is 1. The Hall–Kier alpha value is -1.89. The SMILES string of the molecule is Cl.NCc1ccc(C(=O)N2CCN(C(=O)c3ccsc3)CC2)cc1. The van der Waals surface area contributed by atoms with E-state index >= 15 is 0 Å². The molecule has 2 heterocycles. The van der Waals surface area contributed by atoms with Gasteiger partial charge in [-0.2, -0.15) is 11.3 Å². The number of thiophene rings is 1. The second-order valence-corrected chi connectivity index (χ2v) is 6.28. The van der Waals surface area contributed by atoms with E-state index in [0.717, 1.165) is 11.1 Å². The van der Waals surface area contributed by atoms with E-state index in [1.54, 1.807) is 4.90 Å². The lowest BCUT2D eigenvalue weighted by Gasteiger charge is -2.34. The first-order valence-corrected chi connectivity index (χ1v) is 8.53. The van der Waals surface area contributed by atoms with Crippen LogP contribution in [0.25, 0.3) is 0 Å². The van der Waals surface area contributed by atoms with E-state index in [2.05, 4.69) is 0 Å². The largest absolute Gasteiger partial charge is 0.335 e. The zero-order chi connectivity index (χ0) is 16.2. The molecule has 0 spiro atoms. The molecule has 2 amide bonds. The lowest BCUT2D eigenvalue weighted by molar-refractivity contribution is 0.0536. The smallest absolute Gasteiger partial charge is 0.254 e. The third-order valence-corrected chi connectivity index (χ3v) is 4.74. The van der Waals surface area contributed by atoms with Crippen LogP contribution in [0.2, 0.25) is 0 Å². The molecular weight excluding hydrogens is 346 g/mol. The maximum absolute atomic E-state index is 12.5. The van der Waals surface area contributed by atoms with Crippen LogP contribution >= 0.6 is 23.7 Å². The summed E-state index contributed by atoms with van der Waals surface area (Å²) in [6.07, 6.45) is 0. The van der Waals surface area contributed by atoms with Crippen LogP contribution in [0.5, 0.6) is 0 Å². The highest BCUT2D eigenvalue weighted by Crippen LogP contribution is 2.14. The van der Waals surface area contributed by atoms with Gasteiger partial charge in [0.15, 0.2) is 0 Å². The molecule has 2 aromatic rings. The molecule has 3 rings (SSSR count). The summed E-state index contributed by atoms with van der Waals surface area (Å²) in [5, 5.41) is 3.76. The summed E-state index contributed by atoms with van der Waals surface area (Å²) in [4.78, 5) is 28.4. The molecule has 1 aromatic heterocycles. The number of rotatable bonds is 3. The van der Waals surface area contributed by atoms with Gasteiger partial charge in [0.2, 0.25) is 0 Å². The van der Waals surface area contributed by atoms with Crippen LogP contribution in [-0.2, 0) is 6.54 Å². The van der Waals surface area contributed by atoms with E-state index in [0.29, 0.717) is 38.3 Å². The summed E-state index contributed by atoms with van der Waals surface area (Å²) in [6, 6.07) is 9.22. The van der Waals surface area contributed by atoms with Crippen molar-refractivity contribution in [1.82, 2.24) is 9.80 Å². The van der Waals surface area contributed by atoms with Gasteiger partial charge < -0.3 is 15.5 Å². The van der Waals surface area contributed by atoms with Crippen LogP contribution in [0.1, 0.15) is 26.3 Å². The Kier molecular flexibility index (Phi) is 6.36. The van der Waals surface area contributed by atoms with Gasteiger partial charge in [-0.1, -0.05) is 12.1 Å². The third kappa shape index (κ3) is 3.95. The van der Waals surface area contributed by atoms with Gasteiger partial charge in [-0.3, -0.25) is 9.59 Å². The van der Waals surface area contributed by atoms with E-state index in [4.69, 9.17) is 5.73 Å². The number of amides is 2. The summed E-state index contributed by atoms with van der Waals surface area (Å²) < 4.78 is 0. The molecule has 2 N–H and O–H groups in total. The van der Waals surface area contributed by atoms with E-state index in [1.165, 1.54) is 11.3 Å². The van der Waals surface area contributed by atoms with Gasteiger partial charge in [-0.05, 0) is 29.1 Å². The maximum Gasteiger partial charge on any atom is 0.254 e. The number of nitrogens with zero attached hydrogens (tertiary/aromatic N) is 2. The summed E-state index contributed by atoms with van der Waals surface area (Å²) in [6.45, 7) is 2.74. The number of hydrogen-bond acceptors (Lipinski definition) is 4. The van der Waals surface area contributed by atoms with E-state index < -0.39 is 0 Å². The highest BCUT2D eigenvalue weighted by atomic mass is 35.5. The Morgan fingerprint density at radius 1 is 0.917 bits per heavy atom. The number of carbonyl (C=O) groups is 2. The lowest BCUT2D eigenvalue weighted by Crippen LogP contribution is -2.50. The molecule has 0 saturated carbocycles. The molecule has 1 saturated heterocycles. The molecule has 0 unspecified atom stereocenters.